The molecule has 2 aromatic heterocycles. The summed E-state index contributed by atoms with van der Waals surface area (Å²) in [6.45, 7) is 4.10. The molecule has 1 amide bonds. The highest BCUT2D eigenvalue weighted by atomic mass is 32.2. The minimum absolute atomic E-state index is 0.0143. The minimum atomic E-state index is -0.501. The maximum absolute atomic E-state index is 12.0. The van der Waals surface area contributed by atoms with Crippen molar-refractivity contribution in [3.63, 3.8) is 0 Å². The Morgan fingerprint density at radius 1 is 1.28 bits per heavy atom. The molecular weight excluding hydrogens is 346 g/mol. The van der Waals surface area contributed by atoms with Crippen LogP contribution in [0.1, 0.15) is 17.0 Å². The summed E-state index contributed by atoms with van der Waals surface area (Å²) < 4.78 is 11.5. The van der Waals surface area contributed by atoms with Crippen LogP contribution in [0.3, 0.4) is 0 Å². The van der Waals surface area contributed by atoms with Crippen LogP contribution in [-0.2, 0) is 25.5 Å². The minimum Gasteiger partial charge on any atom is -0.455 e. The molecular formula is C15H21N5O4S. The molecule has 0 fully saturated rings. The number of nitrogens with zero attached hydrogens (tertiary/aromatic N) is 4. The number of fused-ring (bicyclic) bond motifs is 1. The average molecular weight is 367 g/mol. The van der Waals surface area contributed by atoms with Crippen molar-refractivity contribution in [2.24, 2.45) is 0 Å². The van der Waals surface area contributed by atoms with Crippen molar-refractivity contribution in [1.29, 1.82) is 0 Å². The number of rotatable bonds is 8. The van der Waals surface area contributed by atoms with E-state index in [0.717, 1.165) is 11.3 Å². The van der Waals surface area contributed by atoms with Gasteiger partial charge in [0.1, 0.15) is 0 Å². The van der Waals surface area contributed by atoms with Gasteiger partial charge in [-0.15, -0.1) is 5.10 Å². The van der Waals surface area contributed by atoms with Gasteiger partial charge in [-0.1, -0.05) is 11.8 Å². The van der Waals surface area contributed by atoms with E-state index in [2.05, 4.69) is 20.4 Å². The van der Waals surface area contributed by atoms with Crippen molar-refractivity contribution in [2.75, 3.05) is 33.1 Å². The van der Waals surface area contributed by atoms with Crippen LogP contribution >= 0.6 is 11.8 Å². The number of hydrogen-bond acceptors (Lipinski definition) is 8. The SMILES string of the molecule is COCCNC(=O)COC(=O)Cc1c(C)nc2nc(SC)nn2c1C. The summed E-state index contributed by atoms with van der Waals surface area (Å²) in [5.41, 5.74) is 2.18. The zero-order valence-electron chi connectivity index (χ0n) is 14.7. The Hall–Kier alpha value is -2.20. The molecule has 0 spiro atoms. The first-order valence-electron chi connectivity index (χ1n) is 7.64. The Bertz CT molecular complexity index is 777. The number of aromatic nitrogens is 4. The highest BCUT2D eigenvalue weighted by Gasteiger charge is 2.17. The molecule has 0 aromatic carbocycles. The summed E-state index contributed by atoms with van der Waals surface area (Å²) in [5, 5.41) is 7.53. The topological polar surface area (TPSA) is 108 Å². The predicted molar refractivity (Wildman–Crippen MR) is 91.6 cm³/mol. The molecule has 10 heteroatoms. The Morgan fingerprint density at radius 3 is 2.72 bits per heavy atom. The van der Waals surface area contributed by atoms with Gasteiger partial charge in [0.15, 0.2) is 6.61 Å². The van der Waals surface area contributed by atoms with Gasteiger partial charge in [0, 0.05) is 30.6 Å². The van der Waals surface area contributed by atoms with Crippen molar-refractivity contribution in [3.05, 3.63) is 17.0 Å². The lowest BCUT2D eigenvalue weighted by Crippen LogP contribution is -2.31. The normalized spacial score (nSPS) is 10.9. The standard InChI is InChI=1S/C15H21N5O4S/c1-9-11(7-13(22)24-8-12(21)16-5-6-23-3)10(2)20-14(17-9)18-15(19-20)25-4/h5-8H2,1-4H3,(H,16,21). The number of ether oxygens (including phenoxy) is 2. The number of amides is 1. The second-order valence-corrected chi connectivity index (χ2v) is 6.03. The molecule has 9 nitrogen and oxygen atoms in total. The third-order valence-electron chi connectivity index (χ3n) is 3.53. The summed E-state index contributed by atoms with van der Waals surface area (Å²) in [6.07, 6.45) is 1.90. The number of hydrogen-bond donors (Lipinski definition) is 1. The van der Waals surface area contributed by atoms with Crippen LogP contribution in [0.2, 0.25) is 0 Å². The van der Waals surface area contributed by atoms with E-state index in [0.29, 0.717) is 29.8 Å². The average Bonchev–Trinajstić information content (AvgIpc) is 3.00. The van der Waals surface area contributed by atoms with Gasteiger partial charge in [-0.3, -0.25) is 9.59 Å². The maximum atomic E-state index is 12.0. The van der Waals surface area contributed by atoms with E-state index in [1.165, 1.54) is 11.8 Å². The first-order valence-corrected chi connectivity index (χ1v) is 8.86. The van der Waals surface area contributed by atoms with E-state index in [4.69, 9.17) is 9.47 Å². The summed E-state index contributed by atoms with van der Waals surface area (Å²) in [4.78, 5) is 32.3. The smallest absolute Gasteiger partial charge is 0.310 e. The van der Waals surface area contributed by atoms with Crippen LogP contribution in [0.15, 0.2) is 5.16 Å². The zero-order chi connectivity index (χ0) is 18.4. The molecule has 2 heterocycles. The molecule has 0 saturated carbocycles. The van der Waals surface area contributed by atoms with E-state index in [1.54, 1.807) is 18.5 Å². The molecule has 0 aliphatic heterocycles. The van der Waals surface area contributed by atoms with Gasteiger partial charge >= 0.3 is 5.97 Å². The summed E-state index contributed by atoms with van der Waals surface area (Å²) >= 11 is 1.42. The summed E-state index contributed by atoms with van der Waals surface area (Å²) in [5.74, 6) is -0.373. The zero-order valence-corrected chi connectivity index (χ0v) is 15.5. The van der Waals surface area contributed by atoms with Gasteiger partial charge in [0.25, 0.3) is 11.7 Å². The number of thioether (sulfide) groups is 1. The van der Waals surface area contributed by atoms with Crippen LogP contribution in [0, 0.1) is 13.8 Å². The van der Waals surface area contributed by atoms with Gasteiger partial charge in [-0.25, -0.2) is 9.50 Å². The largest absolute Gasteiger partial charge is 0.455 e. The fourth-order valence-electron chi connectivity index (χ4n) is 2.22. The van der Waals surface area contributed by atoms with Gasteiger partial charge in [-0.2, -0.15) is 4.98 Å². The number of nitrogens with one attached hydrogen (secondary N) is 1. The second-order valence-electron chi connectivity index (χ2n) is 5.25. The number of aryl methyl sites for hydroxylation is 2. The lowest BCUT2D eigenvalue weighted by atomic mass is 10.1. The van der Waals surface area contributed by atoms with Crippen LogP contribution in [0.5, 0.6) is 0 Å². The molecule has 0 atom stereocenters. The summed E-state index contributed by atoms with van der Waals surface area (Å²) in [7, 11) is 1.54. The number of carbonyl (C=O) groups excluding carboxylic acids is 2. The maximum Gasteiger partial charge on any atom is 0.310 e. The van der Waals surface area contributed by atoms with E-state index in [1.807, 2.05) is 13.2 Å². The highest BCUT2D eigenvalue weighted by Crippen LogP contribution is 2.17. The van der Waals surface area contributed by atoms with Crippen molar-refractivity contribution < 1.29 is 19.1 Å². The molecule has 0 saturated heterocycles. The van der Waals surface area contributed by atoms with E-state index in [-0.39, 0.29) is 18.9 Å². The Morgan fingerprint density at radius 2 is 2.04 bits per heavy atom. The molecule has 0 aliphatic rings. The number of methoxy groups -OCH3 is 1. The number of carbonyl (C=O) groups is 2. The van der Waals surface area contributed by atoms with Crippen molar-refractivity contribution in [2.45, 2.75) is 25.4 Å². The molecule has 2 rings (SSSR count). The predicted octanol–water partition coefficient (Wildman–Crippen LogP) is 0.311. The highest BCUT2D eigenvalue weighted by molar-refractivity contribution is 7.98. The molecule has 0 unspecified atom stereocenters. The summed E-state index contributed by atoms with van der Waals surface area (Å²) in [6, 6.07) is 0. The Kier molecular flexibility index (Phi) is 6.71. The quantitative estimate of drug-likeness (QED) is 0.403. The van der Waals surface area contributed by atoms with Gasteiger partial charge in [0.05, 0.1) is 13.0 Å². The van der Waals surface area contributed by atoms with Crippen LogP contribution in [-0.4, -0.2) is 64.6 Å². The van der Waals surface area contributed by atoms with Crippen molar-refractivity contribution in [1.82, 2.24) is 24.9 Å². The van der Waals surface area contributed by atoms with Gasteiger partial charge in [0.2, 0.25) is 5.16 Å². The third kappa shape index (κ3) is 4.89. The number of esters is 1. The third-order valence-corrected chi connectivity index (χ3v) is 4.06. The van der Waals surface area contributed by atoms with Crippen LogP contribution in [0.4, 0.5) is 0 Å². The first kappa shape index (κ1) is 19.1. The molecule has 0 bridgehead atoms. The van der Waals surface area contributed by atoms with E-state index in [9.17, 15) is 9.59 Å². The van der Waals surface area contributed by atoms with E-state index >= 15 is 0 Å². The Labute approximate surface area is 149 Å². The van der Waals surface area contributed by atoms with E-state index < -0.39 is 5.97 Å². The molecule has 2 aromatic rings. The molecule has 0 radical (unpaired) electrons. The van der Waals surface area contributed by atoms with Crippen molar-refractivity contribution in [3.8, 4) is 0 Å². The fraction of sp³-hybridized carbons (Fsp3) is 0.533. The first-order chi connectivity index (χ1) is 12.0. The van der Waals surface area contributed by atoms with Crippen LogP contribution < -0.4 is 5.32 Å². The van der Waals surface area contributed by atoms with Crippen molar-refractivity contribution >= 4 is 29.4 Å². The molecule has 136 valence electrons. The molecule has 25 heavy (non-hydrogen) atoms. The second kappa shape index (κ2) is 8.77. The lowest BCUT2D eigenvalue weighted by molar-refractivity contribution is -0.147. The van der Waals surface area contributed by atoms with Gasteiger partial charge < -0.3 is 14.8 Å². The fourth-order valence-corrected chi connectivity index (χ4v) is 2.55. The molecule has 0 aliphatic carbocycles. The monoisotopic (exact) mass is 367 g/mol. The van der Waals surface area contributed by atoms with Crippen LogP contribution in [0.25, 0.3) is 5.78 Å². The lowest BCUT2D eigenvalue weighted by Gasteiger charge is -2.10. The van der Waals surface area contributed by atoms with Gasteiger partial charge in [-0.05, 0) is 20.1 Å². The Balaban J connectivity index is 2.01. The molecule has 1 N–H and O–H groups in total.